The normalized spacial score (nSPS) is 16.9. The van der Waals surface area contributed by atoms with E-state index in [2.05, 4.69) is 28.7 Å². The predicted molar refractivity (Wildman–Crippen MR) is 109 cm³/mol. The lowest BCUT2D eigenvalue weighted by Gasteiger charge is -2.32. The summed E-state index contributed by atoms with van der Waals surface area (Å²) in [6.07, 6.45) is 2.39. The number of sulfone groups is 1. The summed E-state index contributed by atoms with van der Waals surface area (Å²) < 4.78 is 52.2. The van der Waals surface area contributed by atoms with E-state index in [4.69, 9.17) is 0 Å². The molecule has 1 fully saturated rings. The molecule has 152 valence electrons. The van der Waals surface area contributed by atoms with Crippen LogP contribution in [0, 0.1) is 6.92 Å². The fourth-order valence-corrected chi connectivity index (χ4v) is 6.43. The van der Waals surface area contributed by atoms with Crippen molar-refractivity contribution in [1.29, 1.82) is 0 Å². The SMILES string of the molecule is Cc1ccccc1CN1CCC(NS(=O)(=O)c2ccccc2S(C)(=O)=O)CC1. The summed E-state index contributed by atoms with van der Waals surface area (Å²) in [5, 5.41) is 0. The molecule has 0 aliphatic carbocycles. The monoisotopic (exact) mass is 422 g/mol. The maximum atomic E-state index is 12.8. The van der Waals surface area contributed by atoms with Crippen molar-refractivity contribution in [2.24, 2.45) is 0 Å². The highest BCUT2D eigenvalue weighted by atomic mass is 32.2. The molecule has 0 amide bonds. The highest BCUT2D eigenvalue weighted by Gasteiger charge is 2.28. The first kappa shape index (κ1) is 21.0. The lowest BCUT2D eigenvalue weighted by atomic mass is 10.0. The second-order valence-corrected chi connectivity index (χ2v) is 11.0. The number of piperidine rings is 1. The van der Waals surface area contributed by atoms with Gasteiger partial charge in [-0.05, 0) is 43.0 Å². The van der Waals surface area contributed by atoms with Crippen molar-refractivity contribution < 1.29 is 16.8 Å². The first-order valence-electron chi connectivity index (χ1n) is 9.25. The van der Waals surface area contributed by atoms with E-state index in [9.17, 15) is 16.8 Å². The average Bonchev–Trinajstić information content (AvgIpc) is 2.64. The van der Waals surface area contributed by atoms with E-state index in [0.717, 1.165) is 25.9 Å². The van der Waals surface area contributed by atoms with E-state index in [1.165, 1.54) is 35.4 Å². The Morgan fingerprint density at radius 3 is 2.11 bits per heavy atom. The van der Waals surface area contributed by atoms with Crippen LogP contribution >= 0.6 is 0 Å². The maximum absolute atomic E-state index is 12.8. The molecule has 2 aromatic carbocycles. The minimum absolute atomic E-state index is 0.167. The van der Waals surface area contributed by atoms with Crippen molar-refractivity contribution in [2.45, 2.75) is 42.1 Å². The fourth-order valence-electron chi connectivity index (χ4n) is 3.50. The summed E-state index contributed by atoms with van der Waals surface area (Å²) in [5.41, 5.74) is 2.53. The molecule has 3 rings (SSSR count). The van der Waals surface area contributed by atoms with E-state index in [-0.39, 0.29) is 15.8 Å². The van der Waals surface area contributed by atoms with Crippen LogP contribution in [0.25, 0.3) is 0 Å². The molecule has 1 aliphatic rings. The van der Waals surface area contributed by atoms with Gasteiger partial charge in [-0.25, -0.2) is 21.6 Å². The molecule has 0 radical (unpaired) electrons. The van der Waals surface area contributed by atoms with Crippen LogP contribution < -0.4 is 4.72 Å². The number of nitrogens with one attached hydrogen (secondary N) is 1. The topological polar surface area (TPSA) is 83.6 Å². The lowest BCUT2D eigenvalue weighted by molar-refractivity contribution is 0.199. The Morgan fingerprint density at radius 1 is 0.929 bits per heavy atom. The summed E-state index contributed by atoms with van der Waals surface area (Å²) in [7, 11) is -7.54. The molecule has 1 saturated heterocycles. The van der Waals surface area contributed by atoms with Gasteiger partial charge in [0.1, 0.15) is 4.90 Å². The second kappa shape index (κ2) is 8.32. The second-order valence-electron chi connectivity index (χ2n) is 7.32. The molecule has 0 saturated carbocycles. The molecule has 2 aromatic rings. The molecule has 1 N–H and O–H groups in total. The predicted octanol–water partition coefficient (Wildman–Crippen LogP) is 2.34. The van der Waals surface area contributed by atoms with Gasteiger partial charge in [0, 0.05) is 31.9 Å². The number of likely N-dealkylation sites (tertiary alicyclic amines) is 1. The van der Waals surface area contributed by atoms with Crippen molar-refractivity contribution in [3.05, 3.63) is 59.7 Å². The highest BCUT2D eigenvalue weighted by Crippen LogP contribution is 2.22. The number of sulfonamides is 1. The third kappa shape index (κ3) is 5.00. The molecular formula is C20H26N2O4S2. The molecule has 1 heterocycles. The van der Waals surface area contributed by atoms with Gasteiger partial charge in [-0.1, -0.05) is 36.4 Å². The number of aryl methyl sites for hydroxylation is 1. The molecule has 1 aliphatic heterocycles. The Bertz CT molecular complexity index is 1040. The highest BCUT2D eigenvalue weighted by molar-refractivity contribution is 7.93. The molecular weight excluding hydrogens is 396 g/mol. The molecule has 0 aromatic heterocycles. The number of hydrogen-bond donors (Lipinski definition) is 1. The Balaban J connectivity index is 1.66. The van der Waals surface area contributed by atoms with Crippen molar-refractivity contribution in [3.63, 3.8) is 0 Å². The van der Waals surface area contributed by atoms with Crippen LogP contribution in [0.4, 0.5) is 0 Å². The zero-order valence-corrected chi connectivity index (χ0v) is 17.8. The van der Waals surface area contributed by atoms with Crippen molar-refractivity contribution in [1.82, 2.24) is 9.62 Å². The van der Waals surface area contributed by atoms with Crippen molar-refractivity contribution in [3.8, 4) is 0 Å². The Hall–Kier alpha value is -1.74. The minimum atomic E-state index is -3.90. The van der Waals surface area contributed by atoms with Gasteiger partial charge in [-0.15, -0.1) is 0 Å². The van der Waals surface area contributed by atoms with Crippen LogP contribution in [-0.2, 0) is 26.4 Å². The first-order valence-corrected chi connectivity index (χ1v) is 12.6. The summed E-state index contributed by atoms with van der Waals surface area (Å²) in [6, 6.07) is 13.8. The number of benzene rings is 2. The van der Waals surface area contributed by atoms with E-state index in [1.807, 2.05) is 12.1 Å². The van der Waals surface area contributed by atoms with Gasteiger partial charge in [-0.2, -0.15) is 0 Å². The van der Waals surface area contributed by atoms with Gasteiger partial charge in [0.2, 0.25) is 10.0 Å². The molecule has 0 bridgehead atoms. The quantitative estimate of drug-likeness (QED) is 0.773. The average molecular weight is 423 g/mol. The van der Waals surface area contributed by atoms with Crippen molar-refractivity contribution >= 4 is 19.9 Å². The van der Waals surface area contributed by atoms with Gasteiger partial charge in [0.05, 0.1) is 4.90 Å². The van der Waals surface area contributed by atoms with E-state index in [0.29, 0.717) is 12.8 Å². The van der Waals surface area contributed by atoms with Crippen LogP contribution in [0.5, 0.6) is 0 Å². The zero-order chi connectivity index (χ0) is 20.4. The molecule has 0 spiro atoms. The third-order valence-corrected chi connectivity index (χ3v) is 7.97. The number of rotatable bonds is 6. The lowest BCUT2D eigenvalue weighted by Crippen LogP contribution is -2.44. The molecule has 28 heavy (non-hydrogen) atoms. The van der Waals surface area contributed by atoms with Crippen LogP contribution in [0.15, 0.2) is 58.3 Å². The fraction of sp³-hybridized carbons (Fsp3) is 0.400. The molecule has 0 unspecified atom stereocenters. The Kier molecular flexibility index (Phi) is 6.24. The van der Waals surface area contributed by atoms with Crippen molar-refractivity contribution in [2.75, 3.05) is 19.3 Å². The van der Waals surface area contributed by atoms with E-state index < -0.39 is 19.9 Å². The number of nitrogens with zero attached hydrogens (tertiary/aromatic N) is 1. The molecule has 0 atom stereocenters. The van der Waals surface area contributed by atoms with Crippen LogP contribution in [0.1, 0.15) is 24.0 Å². The summed E-state index contributed by atoms with van der Waals surface area (Å²) >= 11 is 0. The van der Waals surface area contributed by atoms with Crippen LogP contribution in [-0.4, -0.2) is 47.1 Å². The standard InChI is InChI=1S/C20H26N2O4S2/c1-16-7-3-4-8-17(16)15-22-13-11-18(12-14-22)21-28(25,26)20-10-6-5-9-19(20)27(2,23)24/h3-10,18,21H,11-15H2,1-2H3. The van der Waals surface area contributed by atoms with E-state index in [1.54, 1.807) is 0 Å². The Labute approximate surface area is 167 Å². The first-order chi connectivity index (χ1) is 13.2. The van der Waals surface area contributed by atoms with Crippen LogP contribution in [0.2, 0.25) is 0 Å². The third-order valence-electron chi connectivity index (χ3n) is 5.10. The van der Waals surface area contributed by atoms with Gasteiger partial charge in [-0.3, -0.25) is 4.90 Å². The molecule has 8 heteroatoms. The summed E-state index contributed by atoms with van der Waals surface area (Å²) in [4.78, 5) is 1.97. The Morgan fingerprint density at radius 2 is 1.50 bits per heavy atom. The largest absolute Gasteiger partial charge is 0.299 e. The van der Waals surface area contributed by atoms with Gasteiger partial charge in [0.25, 0.3) is 0 Å². The van der Waals surface area contributed by atoms with Gasteiger partial charge < -0.3 is 0 Å². The van der Waals surface area contributed by atoms with E-state index >= 15 is 0 Å². The maximum Gasteiger partial charge on any atom is 0.242 e. The zero-order valence-electron chi connectivity index (χ0n) is 16.1. The summed E-state index contributed by atoms with van der Waals surface area (Å²) in [6.45, 7) is 4.52. The smallest absolute Gasteiger partial charge is 0.242 e. The number of hydrogen-bond acceptors (Lipinski definition) is 5. The molecule has 6 nitrogen and oxygen atoms in total. The summed E-state index contributed by atoms with van der Waals surface area (Å²) in [5.74, 6) is 0. The van der Waals surface area contributed by atoms with Crippen LogP contribution in [0.3, 0.4) is 0 Å². The van der Waals surface area contributed by atoms with Gasteiger partial charge >= 0.3 is 0 Å². The van der Waals surface area contributed by atoms with Gasteiger partial charge in [0.15, 0.2) is 9.84 Å². The minimum Gasteiger partial charge on any atom is -0.299 e.